The standard InChI is InChI=1S/C9H9BrO/c1-3-7-5-9(11)6(2)4-8(7)10/h3-5,11H,1H2,2H3. The fourth-order valence-corrected chi connectivity index (χ4v) is 1.45. The molecule has 0 fully saturated rings. The first-order valence-electron chi connectivity index (χ1n) is 3.26. The third-order valence-electron chi connectivity index (χ3n) is 1.54. The molecule has 0 aliphatic rings. The van der Waals surface area contributed by atoms with Crippen molar-refractivity contribution in [1.29, 1.82) is 0 Å². The molecule has 0 radical (unpaired) electrons. The summed E-state index contributed by atoms with van der Waals surface area (Å²) in [5, 5.41) is 9.29. The summed E-state index contributed by atoms with van der Waals surface area (Å²) in [5.41, 5.74) is 1.77. The van der Waals surface area contributed by atoms with Crippen LogP contribution in [0, 0.1) is 6.92 Å². The third kappa shape index (κ3) is 1.63. The number of hydrogen-bond donors (Lipinski definition) is 1. The van der Waals surface area contributed by atoms with E-state index in [1.54, 1.807) is 12.1 Å². The number of benzene rings is 1. The van der Waals surface area contributed by atoms with Crippen LogP contribution >= 0.6 is 15.9 Å². The maximum absolute atomic E-state index is 9.29. The molecule has 1 N–H and O–H groups in total. The molecular weight excluding hydrogens is 204 g/mol. The van der Waals surface area contributed by atoms with E-state index in [1.807, 2.05) is 13.0 Å². The maximum Gasteiger partial charge on any atom is 0.119 e. The Balaban J connectivity index is 3.31. The van der Waals surface area contributed by atoms with Gasteiger partial charge in [-0.05, 0) is 30.2 Å². The lowest BCUT2D eigenvalue weighted by Gasteiger charge is -2.02. The number of halogens is 1. The molecule has 1 rings (SSSR count). The molecule has 0 saturated carbocycles. The molecule has 2 heteroatoms. The molecule has 0 bridgehead atoms. The smallest absolute Gasteiger partial charge is 0.119 e. The number of aryl methyl sites for hydroxylation is 1. The van der Waals surface area contributed by atoms with E-state index in [0.717, 1.165) is 15.6 Å². The molecule has 0 spiro atoms. The molecule has 0 saturated heterocycles. The monoisotopic (exact) mass is 212 g/mol. The van der Waals surface area contributed by atoms with Crippen LogP contribution in [0.4, 0.5) is 0 Å². The second-order valence-electron chi connectivity index (χ2n) is 2.36. The summed E-state index contributed by atoms with van der Waals surface area (Å²) in [6.45, 7) is 5.48. The number of hydrogen-bond acceptors (Lipinski definition) is 1. The molecule has 0 aromatic heterocycles. The van der Waals surface area contributed by atoms with E-state index in [9.17, 15) is 5.11 Å². The van der Waals surface area contributed by atoms with Gasteiger partial charge in [0, 0.05) is 4.47 Å². The molecule has 0 heterocycles. The van der Waals surface area contributed by atoms with Crippen molar-refractivity contribution in [2.45, 2.75) is 6.92 Å². The molecule has 0 amide bonds. The fraction of sp³-hybridized carbons (Fsp3) is 0.111. The van der Waals surface area contributed by atoms with Gasteiger partial charge in [-0.1, -0.05) is 28.6 Å². The van der Waals surface area contributed by atoms with Crippen molar-refractivity contribution >= 4 is 22.0 Å². The lowest BCUT2D eigenvalue weighted by atomic mass is 10.1. The minimum Gasteiger partial charge on any atom is -0.508 e. The van der Waals surface area contributed by atoms with Gasteiger partial charge in [-0.3, -0.25) is 0 Å². The highest BCUT2D eigenvalue weighted by Gasteiger charge is 2.00. The molecule has 58 valence electrons. The van der Waals surface area contributed by atoms with Crippen molar-refractivity contribution in [3.05, 3.63) is 34.3 Å². The second-order valence-corrected chi connectivity index (χ2v) is 3.22. The average Bonchev–Trinajstić information content (AvgIpc) is 1.97. The number of rotatable bonds is 1. The van der Waals surface area contributed by atoms with Crippen LogP contribution in [-0.2, 0) is 0 Å². The number of aromatic hydroxyl groups is 1. The zero-order valence-electron chi connectivity index (χ0n) is 6.26. The van der Waals surface area contributed by atoms with Crippen LogP contribution in [-0.4, -0.2) is 5.11 Å². The fourth-order valence-electron chi connectivity index (χ4n) is 0.834. The van der Waals surface area contributed by atoms with Gasteiger partial charge in [0.1, 0.15) is 5.75 Å². The normalized spacial score (nSPS) is 9.64. The molecule has 1 aromatic carbocycles. The Labute approximate surface area is 74.5 Å². The van der Waals surface area contributed by atoms with Gasteiger partial charge in [0.05, 0.1) is 0 Å². The summed E-state index contributed by atoms with van der Waals surface area (Å²) < 4.78 is 0.961. The maximum atomic E-state index is 9.29. The minimum atomic E-state index is 0.308. The Bertz CT molecular complexity index is 292. The van der Waals surface area contributed by atoms with E-state index in [1.165, 1.54) is 0 Å². The minimum absolute atomic E-state index is 0.308. The number of phenolic OH excluding ortho intramolecular Hbond substituents is 1. The van der Waals surface area contributed by atoms with Crippen molar-refractivity contribution in [3.8, 4) is 5.75 Å². The zero-order valence-corrected chi connectivity index (χ0v) is 7.85. The Hall–Kier alpha value is -0.760. The number of phenols is 1. The first-order valence-corrected chi connectivity index (χ1v) is 4.06. The Morgan fingerprint density at radius 3 is 2.73 bits per heavy atom. The molecule has 0 aliphatic carbocycles. The highest BCUT2D eigenvalue weighted by atomic mass is 79.9. The lowest BCUT2D eigenvalue weighted by molar-refractivity contribution is 0.471. The van der Waals surface area contributed by atoms with Crippen LogP contribution in [0.2, 0.25) is 0 Å². The Morgan fingerprint density at radius 1 is 1.55 bits per heavy atom. The summed E-state index contributed by atoms with van der Waals surface area (Å²) in [7, 11) is 0. The van der Waals surface area contributed by atoms with Crippen molar-refractivity contribution in [2.75, 3.05) is 0 Å². The van der Waals surface area contributed by atoms with Crippen molar-refractivity contribution in [2.24, 2.45) is 0 Å². The third-order valence-corrected chi connectivity index (χ3v) is 2.22. The van der Waals surface area contributed by atoms with Crippen LogP contribution in [0.1, 0.15) is 11.1 Å². The van der Waals surface area contributed by atoms with E-state index in [0.29, 0.717) is 5.75 Å². The van der Waals surface area contributed by atoms with Gasteiger partial charge in [0.15, 0.2) is 0 Å². The van der Waals surface area contributed by atoms with E-state index in [2.05, 4.69) is 22.5 Å². The van der Waals surface area contributed by atoms with Crippen molar-refractivity contribution in [1.82, 2.24) is 0 Å². The van der Waals surface area contributed by atoms with Gasteiger partial charge in [0.2, 0.25) is 0 Å². The van der Waals surface area contributed by atoms with Gasteiger partial charge in [0.25, 0.3) is 0 Å². The van der Waals surface area contributed by atoms with E-state index in [-0.39, 0.29) is 0 Å². The van der Waals surface area contributed by atoms with Crippen LogP contribution < -0.4 is 0 Å². The molecule has 1 nitrogen and oxygen atoms in total. The summed E-state index contributed by atoms with van der Waals surface area (Å²) in [6, 6.07) is 3.55. The van der Waals surface area contributed by atoms with Gasteiger partial charge < -0.3 is 5.11 Å². The van der Waals surface area contributed by atoms with E-state index < -0.39 is 0 Å². The molecule has 0 aliphatic heterocycles. The lowest BCUT2D eigenvalue weighted by Crippen LogP contribution is -1.79. The molecule has 0 unspecified atom stereocenters. The Kier molecular flexibility index (Phi) is 2.35. The highest BCUT2D eigenvalue weighted by Crippen LogP contribution is 2.26. The van der Waals surface area contributed by atoms with Crippen molar-refractivity contribution < 1.29 is 5.11 Å². The van der Waals surface area contributed by atoms with Gasteiger partial charge in [-0.15, -0.1) is 0 Å². The van der Waals surface area contributed by atoms with Crippen LogP contribution in [0.5, 0.6) is 5.75 Å². The predicted molar refractivity (Wildman–Crippen MR) is 50.6 cm³/mol. The van der Waals surface area contributed by atoms with Gasteiger partial charge in [-0.25, -0.2) is 0 Å². The van der Waals surface area contributed by atoms with Gasteiger partial charge >= 0.3 is 0 Å². The zero-order chi connectivity index (χ0) is 8.43. The largest absolute Gasteiger partial charge is 0.508 e. The molecule has 0 atom stereocenters. The second kappa shape index (κ2) is 3.09. The summed E-state index contributed by atoms with van der Waals surface area (Å²) in [5.74, 6) is 0.308. The quantitative estimate of drug-likeness (QED) is 0.759. The molecule has 1 aromatic rings. The van der Waals surface area contributed by atoms with E-state index in [4.69, 9.17) is 0 Å². The first-order chi connectivity index (χ1) is 5.15. The molecule has 11 heavy (non-hydrogen) atoms. The van der Waals surface area contributed by atoms with E-state index >= 15 is 0 Å². The molecular formula is C9H9BrO. The SMILES string of the molecule is C=Cc1cc(O)c(C)cc1Br. The predicted octanol–water partition coefficient (Wildman–Crippen LogP) is 3.11. The van der Waals surface area contributed by atoms with Crippen molar-refractivity contribution in [3.63, 3.8) is 0 Å². The van der Waals surface area contributed by atoms with Crippen LogP contribution in [0.3, 0.4) is 0 Å². The topological polar surface area (TPSA) is 20.2 Å². The van der Waals surface area contributed by atoms with Gasteiger partial charge in [-0.2, -0.15) is 0 Å². The first kappa shape index (κ1) is 8.34. The average molecular weight is 213 g/mol. The summed E-state index contributed by atoms with van der Waals surface area (Å²) >= 11 is 3.36. The highest BCUT2D eigenvalue weighted by molar-refractivity contribution is 9.10. The summed E-state index contributed by atoms with van der Waals surface area (Å²) in [4.78, 5) is 0. The van der Waals surface area contributed by atoms with Crippen LogP contribution in [0.25, 0.3) is 6.08 Å². The Morgan fingerprint density at radius 2 is 2.18 bits per heavy atom. The van der Waals surface area contributed by atoms with Crippen LogP contribution in [0.15, 0.2) is 23.2 Å². The summed E-state index contributed by atoms with van der Waals surface area (Å²) in [6.07, 6.45) is 1.70.